The Kier molecular flexibility index (Phi) is 6.65. The van der Waals surface area contributed by atoms with Crippen molar-refractivity contribution in [1.29, 1.82) is 0 Å². The van der Waals surface area contributed by atoms with Crippen molar-refractivity contribution < 1.29 is 14.5 Å². The molecule has 0 saturated heterocycles. The van der Waals surface area contributed by atoms with Crippen LogP contribution in [0.3, 0.4) is 0 Å². The van der Waals surface area contributed by atoms with Crippen molar-refractivity contribution in [3.63, 3.8) is 0 Å². The molecule has 27 heavy (non-hydrogen) atoms. The van der Waals surface area contributed by atoms with Crippen LogP contribution in [0, 0.1) is 24.0 Å². The summed E-state index contributed by atoms with van der Waals surface area (Å²) in [4.78, 5) is 34.0. The van der Waals surface area contributed by atoms with E-state index in [9.17, 15) is 19.7 Å². The molecule has 8 nitrogen and oxygen atoms in total. The third-order valence-corrected chi connectivity index (χ3v) is 3.69. The van der Waals surface area contributed by atoms with Crippen molar-refractivity contribution in [3.8, 4) is 0 Å². The summed E-state index contributed by atoms with van der Waals surface area (Å²) in [5.74, 6) is -1.03. The van der Waals surface area contributed by atoms with Crippen molar-refractivity contribution in [2.24, 2.45) is 0 Å². The van der Waals surface area contributed by atoms with E-state index in [0.29, 0.717) is 5.56 Å². The molecule has 2 rings (SSSR count). The lowest BCUT2D eigenvalue weighted by atomic mass is 10.1. The van der Waals surface area contributed by atoms with Crippen LogP contribution in [0.4, 0.5) is 11.4 Å². The van der Waals surface area contributed by atoms with E-state index in [1.54, 1.807) is 12.1 Å². The van der Waals surface area contributed by atoms with Crippen molar-refractivity contribution in [2.75, 3.05) is 11.9 Å². The molecule has 0 aromatic heterocycles. The number of hydrogen-bond donors (Lipinski definition) is 3. The minimum Gasteiger partial charge on any atom is -0.376 e. The lowest BCUT2D eigenvalue weighted by Gasteiger charge is -2.10. The fourth-order valence-corrected chi connectivity index (χ4v) is 2.36. The molecule has 0 spiro atoms. The molecular formula is C19H20N4O4. The van der Waals surface area contributed by atoms with Gasteiger partial charge >= 0.3 is 0 Å². The SMILES string of the molecule is Cc1ccc(NCC(=O)NNC(=O)/C=C/c2ccccc2[N+](=O)[O-])c(C)c1. The molecule has 0 unspecified atom stereocenters. The van der Waals surface area contributed by atoms with Crippen LogP contribution in [0.2, 0.25) is 0 Å². The molecule has 0 heterocycles. The number of aryl methyl sites for hydroxylation is 2. The number of rotatable bonds is 6. The van der Waals surface area contributed by atoms with E-state index in [4.69, 9.17) is 0 Å². The third-order valence-electron chi connectivity index (χ3n) is 3.69. The number of hydrogen-bond acceptors (Lipinski definition) is 5. The average molecular weight is 368 g/mol. The van der Waals surface area contributed by atoms with Gasteiger partial charge in [-0.1, -0.05) is 29.8 Å². The predicted molar refractivity (Wildman–Crippen MR) is 103 cm³/mol. The van der Waals surface area contributed by atoms with E-state index in [-0.39, 0.29) is 12.2 Å². The van der Waals surface area contributed by atoms with E-state index in [0.717, 1.165) is 22.9 Å². The molecule has 0 aliphatic heterocycles. The van der Waals surface area contributed by atoms with Crippen molar-refractivity contribution in [1.82, 2.24) is 10.9 Å². The Morgan fingerprint density at radius 3 is 2.56 bits per heavy atom. The Morgan fingerprint density at radius 1 is 1.11 bits per heavy atom. The van der Waals surface area contributed by atoms with Gasteiger partial charge in [-0.2, -0.15) is 0 Å². The van der Waals surface area contributed by atoms with E-state index in [1.807, 2.05) is 32.0 Å². The fourth-order valence-electron chi connectivity index (χ4n) is 2.36. The average Bonchev–Trinajstić information content (AvgIpc) is 2.64. The predicted octanol–water partition coefficient (Wildman–Crippen LogP) is 2.48. The molecule has 2 aromatic rings. The topological polar surface area (TPSA) is 113 Å². The van der Waals surface area contributed by atoms with Gasteiger partial charge in [-0.15, -0.1) is 0 Å². The first-order valence-corrected chi connectivity index (χ1v) is 8.18. The number of amides is 2. The molecule has 0 fully saturated rings. The Bertz CT molecular complexity index is 893. The molecule has 0 bridgehead atoms. The Labute approximate surface area is 156 Å². The lowest BCUT2D eigenvalue weighted by Crippen LogP contribution is -2.43. The molecule has 0 radical (unpaired) electrons. The van der Waals surface area contributed by atoms with E-state index >= 15 is 0 Å². The van der Waals surface area contributed by atoms with E-state index < -0.39 is 16.7 Å². The van der Waals surface area contributed by atoms with Crippen LogP contribution in [0.5, 0.6) is 0 Å². The summed E-state index contributed by atoms with van der Waals surface area (Å²) in [5.41, 5.74) is 7.65. The maximum Gasteiger partial charge on any atom is 0.276 e. The van der Waals surface area contributed by atoms with Crippen molar-refractivity contribution >= 4 is 29.3 Å². The molecule has 140 valence electrons. The summed E-state index contributed by atoms with van der Waals surface area (Å²) in [6.45, 7) is 3.90. The highest BCUT2D eigenvalue weighted by Gasteiger charge is 2.10. The smallest absolute Gasteiger partial charge is 0.276 e. The highest BCUT2D eigenvalue weighted by atomic mass is 16.6. The van der Waals surface area contributed by atoms with Crippen LogP contribution in [0.1, 0.15) is 16.7 Å². The third kappa shape index (κ3) is 5.96. The van der Waals surface area contributed by atoms with Crippen LogP contribution >= 0.6 is 0 Å². The summed E-state index contributed by atoms with van der Waals surface area (Å²) in [6.07, 6.45) is 2.42. The second kappa shape index (κ2) is 9.14. The van der Waals surface area contributed by atoms with Gasteiger partial charge in [0.2, 0.25) is 0 Å². The first kappa shape index (κ1) is 19.6. The molecule has 2 amide bonds. The Morgan fingerprint density at radius 2 is 1.85 bits per heavy atom. The maximum atomic E-state index is 11.8. The molecule has 2 aromatic carbocycles. The molecule has 3 N–H and O–H groups in total. The van der Waals surface area contributed by atoms with Crippen LogP contribution in [-0.2, 0) is 9.59 Å². The largest absolute Gasteiger partial charge is 0.376 e. The fraction of sp³-hybridized carbons (Fsp3) is 0.158. The zero-order valence-electron chi connectivity index (χ0n) is 15.0. The maximum absolute atomic E-state index is 11.8. The van der Waals surface area contributed by atoms with Gasteiger partial charge in [-0.25, -0.2) is 0 Å². The van der Waals surface area contributed by atoms with Gasteiger partial charge in [-0.3, -0.25) is 30.6 Å². The molecular weight excluding hydrogens is 348 g/mol. The number of nitro benzene ring substituents is 1. The van der Waals surface area contributed by atoms with Crippen LogP contribution in [0.15, 0.2) is 48.5 Å². The van der Waals surface area contributed by atoms with Gasteiger partial charge in [0.25, 0.3) is 17.5 Å². The number of hydrazine groups is 1. The zero-order valence-corrected chi connectivity index (χ0v) is 15.0. The van der Waals surface area contributed by atoms with E-state index in [2.05, 4.69) is 16.2 Å². The van der Waals surface area contributed by atoms with Crippen LogP contribution < -0.4 is 16.2 Å². The number of anilines is 1. The first-order valence-electron chi connectivity index (χ1n) is 8.18. The lowest BCUT2D eigenvalue weighted by molar-refractivity contribution is -0.385. The van der Waals surface area contributed by atoms with E-state index in [1.165, 1.54) is 18.2 Å². The van der Waals surface area contributed by atoms with Gasteiger partial charge in [0, 0.05) is 17.8 Å². The number of para-hydroxylation sites is 1. The Balaban J connectivity index is 1.83. The molecule has 0 aliphatic rings. The van der Waals surface area contributed by atoms with Gasteiger partial charge in [0.15, 0.2) is 0 Å². The normalized spacial score (nSPS) is 10.4. The molecule has 0 saturated carbocycles. The number of benzene rings is 2. The molecule has 8 heteroatoms. The number of nitro groups is 1. The molecule has 0 aliphatic carbocycles. The summed E-state index contributed by atoms with van der Waals surface area (Å²) >= 11 is 0. The quantitative estimate of drug-likeness (QED) is 0.412. The number of carbonyl (C=O) groups is 2. The zero-order chi connectivity index (χ0) is 19.8. The Hall–Kier alpha value is -3.68. The van der Waals surface area contributed by atoms with Crippen molar-refractivity contribution in [2.45, 2.75) is 13.8 Å². The highest BCUT2D eigenvalue weighted by molar-refractivity contribution is 5.94. The summed E-state index contributed by atoms with van der Waals surface area (Å²) in [5, 5.41) is 13.9. The monoisotopic (exact) mass is 368 g/mol. The number of carbonyl (C=O) groups excluding carboxylic acids is 2. The van der Waals surface area contributed by atoms with Gasteiger partial charge < -0.3 is 5.32 Å². The molecule has 0 atom stereocenters. The second-order valence-electron chi connectivity index (χ2n) is 5.86. The summed E-state index contributed by atoms with van der Waals surface area (Å²) in [6, 6.07) is 11.8. The van der Waals surface area contributed by atoms with Crippen LogP contribution in [-0.4, -0.2) is 23.3 Å². The summed E-state index contributed by atoms with van der Waals surface area (Å²) in [7, 11) is 0. The van der Waals surface area contributed by atoms with Gasteiger partial charge in [0.05, 0.1) is 17.0 Å². The summed E-state index contributed by atoms with van der Waals surface area (Å²) < 4.78 is 0. The van der Waals surface area contributed by atoms with Gasteiger partial charge in [-0.05, 0) is 37.6 Å². The number of nitrogens with one attached hydrogen (secondary N) is 3. The minimum absolute atomic E-state index is 0.0158. The number of nitrogens with zero attached hydrogens (tertiary/aromatic N) is 1. The van der Waals surface area contributed by atoms with Crippen LogP contribution in [0.25, 0.3) is 6.08 Å². The second-order valence-corrected chi connectivity index (χ2v) is 5.86. The van der Waals surface area contributed by atoms with Gasteiger partial charge in [0.1, 0.15) is 0 Å². The minimum atomic E-state index is -0.604. The standard InChI is InChI=1S/C19H20N4O4/c1-13-7-9-16(14(2)11-13)20-12-19(25)22-21-18(24)10-8-15-5-3-4-6-17(15)23(26)27/h3-11,20H,12H2,1-2H3,(H,21,24)(H,22,25)/b10-8+. The highest BCUT2D eigenvalue weighted by Crippen LogP contribution is 2.18. The van der Waals surface area contributed by atoms with Crippen molar-refractivity contribution in [3.05, 3.63) is 75.3 Å². The first-order chi connectivity index (χ1) is 12.9.